The maximum Gasteiger partial charge on any atom is 0.416 e. The molecule has 7 nitrogen and oxygen atoms in total. The number of carbonyl (C=O) groups is 3. The number of rotatable bonds is 7. The SMILES string of the molecule is CC(C)C(=O)NCc1ccc(Cl)c(C(=O)Nc2ccc3c(c2)C(=O)N(Cc2ccc(C(F)(F)F)cc2)CO3)c1. The highest BCUT2D eigenvalue weighted by Gasteiger charge is 2.31. The zero-order valence-corrected chi connectivity index (χ0v) is 21.8. The molecule has 0 saturated heterocycles. The lowest BCUT2D eigenvalue weighted by atomic mass is 10.1. The highest BCUT2D eigenvalue weighted by atomic mass is 35.5. The maximum absolute atomic E-state index is 13.1. The lowest BCUT2D eigenvalue weighted by Crippen LogP contribution is -2.38. The van der Waals surface area contributed by atoms with E-state index in [9.17, 15) is 27.6 Å². The summed E-state index contributed by atoms with van der Waals surface area (Å²) in [5, 5.41) is 5.72. The molecule has 1 aliphatic rings. The zero-order valence-electron chi connectivity index (χ0n) is 21.1. The van der Waals surface area contributed by atoms with Crippen LogP contribution in [0.4, 0.5) is 18.9 Å². The van der Waals surface area contributed by atoms with E-state index in [0.29, 0.717) is 22.6 Å². The summed E-state index contributed by atoms with van der Waals surface area (Å²) in [6, 6.07) is 14.0. The Kier molecular flexibility index (Phi) is 8.15. The van der Waals surface area contributed by atoms with E-state index in [1.54, 1.807) is 44.2 Å². The summed E-state index contributed by atoms with van der Waals surface area (Å²) in [6.45, 7) is 3.75. The number of halogens is 4. The molecule has 39 heavy (non-hydrogen) atoms. The number of alkyl halides is 3. The van der Waals surface area contributed by atoms with Crippen LogP contribution in [-0.4, -0.2) is 29.4 Å². The zero-order chi connectivity index (χ0) is 28.3. The molecule has 0 aromatic heterocycles. The number of nitrogens with one attached hydrogen (secondary N) is 2. The summed E-state index contributed by atoms with van der Waals surface area (Å²) in [4.78, 5) is 39.3. The number of nitrogens with zero attached hydrogens (tertiary/aromatic N) is 1. The first-order valence-corrected chi connectivity index (χ1v) is 12.4. The summed E-state index contributed by atoms with van der Waals surface area (Å²) < 4.78 is 44.2. The molecule has 3 amide bonds. The van der Waals surface area contributed by atoms with E-state index in [0.717, 1.165) is 12.1 Å². The second kappa shape index (κ2) is 11.4. The first kappa shape index (κ1) is 28.0. The highest BCUT2D eigenvalue weighted by Crippen LogP contribution is 2.31. The molecule has 4 rings (SSSR count). The topological polar surface area (TPSA) is 87.7 Å². The average molecular weight is 560 g/mol. The van der Waals surface area contributed by atoms with E-state index in [1.807, 2.05) is 0 Å². The van der Waals surface area contributed by atoms with Gasteiger partial charge in [0.2, 0.25) is 5.91 Å². The van der Waals surface area contributed by atoms with Gasteiger partial charge in [-0.2, -0.15) is 13.2 Å². The fraction of sp³-hybridized carbons (Fsp3) is 0.250. The van der Waals surface area contributed by atoms with E-state index >= 15 is 0 Å². The number of fused-ring (bicyclic) bond motifs is 1. The minimum atomic E-state index is -4.45. The van der Waals surface area contributed by atoms with Gasteiger partial charge in [0.1, 0.15) is 5.75 Å². The van der Waals surface area contributed by atoms with E-state index in [4.69, 9.17) is 16.3 Å². The number of carbonyl (C=O) groups excluding carboxylic acids is 3. The normalized spacial score (nSPS) is 13.1. The molecule has 1 aliphatic heterocycles. The lowest BCUT2D eigenvalue weighted by Gasteiger charge is -2.29. The Morgan fingerprint density at radius 2 is 1.72 bits per heavy atom. The predicted molar refractivity (Wildman–Crippen MR) is 139 cm³/mol. The minimum Gasteiger partial charge on any atom is -0.472 e. The first-order chi connectivity index (χ1) is 18.4. The average Bonchev–Trinajstić information content (AvgIpc) is 2.89. The number of amides is 3. The molecule has 0 unspecified atom stereocenters. The Hall–Kier alpha value is -4.05. The van der Waals surface area contributed by atoms with Gasteiger partial charge in [0.15, 0.2) is 6.73 Å². The Labute approximate surface area is 227 Å². The summed E-state index contributed by atoms with van der Waals surface area (Å²) in [7, 11) is 0. The molecule has 3 aromatic carbocycles. The molecule has 0 spiro atoms. The van der Waals surface area contributed by atoms with Crippen LogP contribution in [0.3, 0.4) is 0 Å². The van der Waals surface area contributed by atoms with Crippen molar-refractivity contribution in [2.24, 2.45) is 5.92 Å². The third kappa shape index (κ3) is 6.69. The van der Waals surface area contributed by atoms with Crippen LogP contribution in [0.5, 0.6) is 5.75 Å². The molecule has 11 heteroatoms. The van der Waals surface area contributed by atoms with Crippen molar-refractivity contribution in [3.63, 3.8) is 0 Å². The van der Waals surface area contributed by atoms with Crippen LogP contribution in [-0.2, 0) is 24.1 Å². The molecule has 0 aliphatic carbocycles. The Bertz CT molecular complexity index is 1410. The molecule has 0 bridgehead atoms. The van der Waals surface area contributed by atoms with Gasteiger partial charge in [-0.25, -0.2) is 0 Å². The van der Waals surface area contributed by atoms with Crippen LogP contribution in [0.2, 0.25) is 5.02 Å². The second-order valence-electron chi connectivity index (χ2n) is 9.32. The maximum atomic E-state index is 13.1. The Morgan fingerprint density at radius 1 is 1.03 bits per heavy atom. The van der Waals surface area contributed by atoms with Gasteiger partial charge in [-0.15, -0.1) is 0 Å². The van der Waals surface area contributed by atoms with Crippen LogP contribution in [0.15, 0.2) is 60.7 Å². The van der Waals surface area contributed by atoms with Gasteiger partial charge in [0.05, 0.1) is 21.7 Å². The van der Waals surface area contributed by atoms with Crippen molar-refractivity contribution < 1.29 is 32.3 Å². The molecule has 0 radical (unpaired) electrons. The van der Waals surface area contributed by atoms with E-state index < -0.39 is 23.6 Å². The molecule has 0 saturated carbocycles. The molecule has 3 aromatic rings. The summed E-state index contributed by atoms with van der Waals surface area (Å²) in [5.74, 6) is -0.885. The van der Waals surface area contributed by atoms with Gasteiger partial charge >= 0.3 is 6.18 Å². The van der Waals surface area contributed by atoms with Gasteiger partial charge < -0.3 is 20.3 Å². The second-order valence-corrected chi connectivity index (χ2v) is 9.73. The van der Waals surface area contributed by atoms with E-state index in [2.05, 4.69) is 10.6 Å². The van der Waals surface area contributed by atoms with Crippen molar-refractivity contribution in [1.82, 2.24) is 10.2 Å². The van der Waals surface area contributed by atoms with Crippen molar-refractivity contribution in [2.45, 2.75) is 33.1 Å². The van der Waals surface area contributed by atoms with Crippen LogP contribution < -0.4 is 15.4 Å². The lowest BCUT2D eigenvalue weighted by molar-refractivity contribution is -0.137. The van der Waals surface area contributed by atoms with Crippen molar-refractivity contribution in [3.05, 3.63) is 93.5 Å². The van der Waals surface area contributed by atoms with Gasteiger partial charge in [-0.1, -0.05) is 43.6 Å². The van der Waals surface area contributed by atoms with Gasteiger partial charge in [-0.3, -0.25) is 14.4 Å². The molecule has 204 valence electrons. The first-order valence-electron chi connectivity index (χ1n) is 12.0. The fourth-order valence-electron chi connectivity index (χ4n) is 3.86. The molecular weight excluding hydrogens is 535 g/mol. The van der Waals surface area contributed by atoms with E-state index in [-0.39, 0.29) is 47.8 Å². The van der Waals surface area contributed by atoms with Crippen LogP contribution >= 0.6 is 11.6 Å². The third-order valence-corrected chi connectivity index (χ3v) is 6.38. The Morgan fingerprint density at radius 3 is 2.38 bits per heavy atom. The smallest absolute Gasteiger partial charge is 0.416 e. The number of hydrogen-bond donors (Lipinski definition) is 2. The van der Waals surface area contributed by atoms with Gasteiger partial charge in [0.25, 0.3) is 11.8 Å². The molecule has 0 atom stereocenters. The predicted octanol–water partition coefficient (Wildman–Crippen LogP) is 5.88. The molecule has 1 heterocycles. The number of anilines is 1. The van der Waals surface area contributed by atoms with E-state index in [1.165, 1.54) is 23.1 Å². The summed E-state index contributed by atoms with van der Waals surface area (Å²) >= 11 is 6.25. The van der Waals surface area contributed by atoms with Gasteiger partial charge in [0, 0.05) is 24.7 Å². The standard InChI is InChI=1S/C28H25ClF3N3O4/c1-16(2)25(36)33-13-18-5-9-23(29)21(11-18)26(37)34-20-8-10-24-22(12-20)27(38)35(15-39-24)14-17-3-6-19(7-4-17)28(30,31)32/h3-12,16H,13-15H2,1-2H3,(H,33,36)(H,34,37). The van der Waals surface area contributed by atoms with Crippen LogP contribution in [0, 0.1) is 5.92 Å². The number of hydrogen-bond acceptors (Lipinski definition) is 4. The minimum absolute atomic E-state index is 0.0444. The van der Waals surface area contributed by atoms with Crippen molar-refractivity contribution >= 4 is 35.0 Å². The molecular formula is C28H25ClF3N3O4. The summed E-state index contributed by atoms with van der Waals surface area (Å²) in [5.41, 5.74) is 1.13. The number of ether oxygens (including phenoxy) is 1. The van der Waals surface area contributed by atoms with Crippen LogP contribution in [0.1, 0.15) is 51.3 Å². The van der Waals surface area contributed by atoms with Crippen molar-refractivity contribution in [3.8, 4) is 5.75 Å². The van der Waals surface area contributed by atoms with Gasteiger partial charge in [-0.05, 0) is 53.6 Å². The Balaban J connectivity index is 1.46. The largest absolute Gasteiger partial charge is 0.472 e. The van der Waals surface area contributed by atoms with Crippen molar-refractivity contribution in [2.75, 3.05) is 12.0 Å². The fourth-order valence-corrected chi connectivity index (χ4v) is 4.07. The van der Waals surface area contributed by atoms with Crippen LogP contribution in [0.25, 0.3) is 0 Å². The number of benzene rings is 3. The highest BCUT2D eigenvalue weighted by molar-refractivity contribution is 6.34. The third-order valence-electron chi connectivity index (χ3n) is 6.05. The monoisotopic (exact) mass is 559 g/mol. The summed E-state index contributed by atoms with van der Waals surface area (Å²) in [6.07, 6.45) is -4.45. The molecule has 0 fully saturated rings. The van der Waals surface area contributed by atoms with Crippen molar-refractivity contribution in [1.29, 1.82) is 0 Å². The quantitative estimate of drug-likeness (QED) is 0.379. The molecule has 2 N–H and O–H groups in total.